The molecule has 0 atom stereocenters. The van der Waals surface area contributed by atoms with E-state index in [0.717, 1.165) is 0 Å². The van der Waals surface area contributed by atoms with Gasteiger partial charge in [-0.2, -0.15) is 0 Å². The van der Waals surface area contributed by atoms with E-state index in [1.54, 1.807) is 6.20 Å². The molecule has 2 rings (SSSR count). The number of carbonyl (C=O) groups excluding carboxylic acids is 1. The van der Waals surface area contributed by atoms with Gasteiger partial charge in [0.25, 0.3) is 0 Å². The molecule has 66 valence electrons. The van der Waals surface area contributed by atoms with Crippen LogP contribution >= 0.6 is 11.3 Å². The van der Waals surface area contributed by atoms with E-state index in [0.29, 0.717) is 10.8 Å². The molecule has 0 radical (unpaired) electrons. The molecule has 2 heterocycles. The number of primary amides is 1. The van der Waals surface area contributed by atoms with E-state index in [9.17, 15) is 4.79 Å². The van der Waals surface area contributed by atoms with E-state index in [2.05, 4.69) is 9.97 Å². The highest BCUT2D eigenvalue weighted by Gasteiger charge is 2.10. The Kier molecular flexibility index (Phi) is 1.82. The molecule has 5 nitrogen and oxygen atoms in total. The molecule has 6 heteroatoms. The summed E-state index contributed by atoms with van der Waals surface area (Å²) in [4.78, 5) is 18.9. The van der Waals surface area contributed by atoms with Crippen molar-refractivity contribution in [2.24, 2.45) is 5.73 Å². The molecular weight excluding hydrogens is 188 g/mol. The molecule has 0 aliphatic heterocycles. The zero-order chi connectivity index (χ0) is 9.26. The number of amides is 1. The summed E-state index contributed by atoms with van der Waals surface area (Å²) in [5, 5.41) is 2.50. The van der Waals surface area contributed by atoms with Crippen molar-refractivity contribution < 1.29 is 4.79 Å². The van der Waals surface area contributed by atoms with E-state index >= 15 is 0 Å². The van der Waals surface area contributed by atoms with Gasteiger partial charge >= 0.3 is 6.03 Å². The van der Waals surface area contributed by atoms with Gasteiger partial charge in [0.1, 0.15) is 0 Å². The first-order valence-electron chi connectivity index (χ1n) is 3.52. The van der Waals surface area contributed by atoms with Gasteiger partial charge in [0.15, 0.2) is 10.8 Å². The predicted molar refractivity (Wildman–Crippen MR) is 48.3 cm³/mol. The van der Waals surface area contributed by atoms with Gasteiger partial charge in [-0.15, -0.1) is 11.3 Å². The summed E-state index contributed by atoms with van der Waals surface area (Å²) < 4.78 is 1.26. The maximum atomic E-state index is 10.9. The van der Waals surface area contributed by atoms with Crippen LogP contribution < -0.4 is 5.73 Å². The number of aromatic nitrogens is 3. The Labute approximate surface area is 77.9 Å². The fourth-order valence-corrected chi connectivity index (χ4v) is 1.60. The molecule has 2 aromatic rings. The molecule has 0 spiro atoms. The van der Waals surface area contributed by atoms with E-state index in [-0.39, 0.29) is 0 Å². The van der Waals surface area contributed by atoms with Crippen LogP contribution in [-0.4, -0.2) is 20.6 Å². The molecule has 0 aliphatic rings. The third-order valence-electron chi connectivity index (χ3n) is 1.50. The second-order valence-corrected chi connectivity index (χ2v) is 3.19. The first-order chi connectivity index (χ1) is 6.29. The Hall–Kier alpha value is -1.69. The summed E-state index contributed by atoms with van der Waals surface area (Å²) in [7, 11) is 0. The maximum Gasteiger partial charge on any atom is 0.324 e. The van der Waals surface area contributed by atoms with Gasteiger partial charge in [0.2, 0.25) is 0 Å². The number of carbonyl (C=O) groups is 1. The van der Waals surface area contributed by atoms with Crippen LogP contribution in [0.1, 0.15) is 0 Å². The molecule has 0 saturated carbocycles. The number of hydrogen-bond acceptors (Lipinski definition) is 4. The van der Waals surface area contributed by atoms with Crippen molar-refractivity contribution in [1.82, 2.24) is 14.5 Å². The molecule has 2 N–H and O–H groups in total. The van der Waals surface area contributed by atoms with Crippen LogP contribution in [0.3, 0.4) is 0 Å². The van der Waals surface area contributed by atoms with Crippen molar-refractivity contribution in [2.75, 3.05) is 0 Å². The van der Waals surface area contributed by atoms with Gasteiger partial charge in [-0.1, -0.05) is 0 Å². The summed E-state index contributed by atoms with van der Waals surface area (Å²) in [6.07, 6.45) is 4.68. The summed E-state index contributed by atoms with van der Waals surface area (Å²) in [6, 6.07) is -0.553. The Morgan fingerprint density at radius 3 is 2.92 bits per heavy atom. The lowest BCUT2D eigenvalue weighted by molar-refractivity contribution is 0.250. The second kappa shape index (κ2) is 2.98. The molecule has 0 bridgehead atoms. The van der Waals surface area contributed by atoms with Crippen LogP contribution in [0.2, 0.25) is 0 Å². The molecule has 0 aliphatic carbocycles. The highest BCUT2D eigenvalue weighted by Crippen LogP contribution is 2.18. The maximum absolute atomic E-state index is 10.9. The van der Waals surface area contributed by atoms with Crippen LogP contribution in [0, 0.1) is 0 Å². The quantitative estimate of drug-likeness (QED) is 0.733. The molecule has 0 unspecified atom stereocenters. The number of rotatable bonds is 1. The Balaban J connectivity index is 2.52. The number of imidazole rings is 1. The highest BCUT2D eigenvalue weighted by atomic mass is 32.1. The molecule has 13 heavy (non-hydrogen) atoms. The number of nitrogens with two attached hydrogens (primary N) is 1. The third-order valence-corrected chi connectivity index (χ3v) is 2.27. The lowest BCUT2D eigenvalue weighted by Crippen LogP contribution is -2.19. The summed E-state index contributed by atoms with van der Waals surface area (Å²) in [5.41, 5.74) is 5.13. The lowest BCUT2D eigenvalue weighted by Gasteiger charge is -1.97. The fraction of sp³-hybridized carbons (Fsp3) is 0. The Morgan fingerprint density at radius 2 is 2.31 bits per heavy atom. The first-order valence-corrected chi connectivity index (χ1v) is 4.40. The van der Waals surface area contributed by atoms with Gasteiger partial charge in [-0.05, 0) is 0 Å². The molecule has 0 saturated heterocycles. The van der Waals surface area contributed by atoms with Gasteiger partial charge in [-0.3, -0.25) is 0 Å². The summed E-state index contributed by atoms with van der Waals surface area (Å²) in [6.45, 7) is 0. The normalized spacial score (nSPS) is 10.2. The van der Waals surface area contributed by atoms with Crippen molar-refractivity contribution >= 4 is 17.4 Å². The topological polar surface area (TPSA) is 73.8 Å². The van der Waals surface area contributed by atoms with Crippen LogP contribution in [0.5, 0.6) is 0 Å². The predicted octanol–water partition coefficient (Wildman–Crippen LogP) is 0.933. The minimum absolute atomic E-state index is 0.488. The lowest BCUT2D eigenvalue weighted by atomic mass is 10.6. The van der Waals surface area contributed by atoms with E-state index < -0.39 is 6.03 Å². The van der Waals surface area contributed by atoms with Crippen LogP contribution in [0.4, 0.5) is 4.79 Å². The minimum atomic E-state index is -0.553. The SMILES string of the molecule is NC(=O)n1ccnc1-c1nccs1. The highest BCUT2D eigenvalue weighted by molar-refractivity contribution is 7.13. The fourth-order valence-electron chi connectivity index (χ4n) is 0.973. The van der Waals surface area contributed by atoms with Crippen LogP contribution in [0.25, 0.3) is 10.8 Å². The molecule has 1 amide bonds. The standard InChI is InChI=1S/C7H6N4OS/c8-7(12)11-3-1-9-5(11)6-10-2-4-13-6/h1-4H,(H2,8,12). The minimum Gasteiger partial charge on any atom is -0.351 e. The van der Waals surface area contributed by atoms with Gasteiger partial charge in [0.05, 0.1) is 0 Å². The zero-order valence-corrected chi connectivity index (χ0v) is 7.36. The van der Waals surface area contributed by atoms with Crippen LogP contribution in [-0.2, 0) is 0 Å². The molecular formula is C7H6N4OS. The van der Waals surface area contributed by atoms with Crippen molar-refractivity contribution in [2.45, 2.75) is 0 Å². The molecule has 0 fully saturated rings. The third kappa shape index (κ3) is 1.31. The first kappa shape index (κ1) is 7.93. The van der Waals surface area contributed by atoms with E-state index in [1.165, 1.54) is 28.3 Å². The zero-order valence-electron chi connectivity index (χ0n) is 6.54. The van der Waals surface area contributed by atoms with E-state index in [1.807, 2.05) is 5.38 Å². The van der Waals surface area contributed by atoms with Crippen molar-refractivity contribution in [3.63, 3.8) is 0 Å². The van der Waals surface area contributed by atoms with Crippen molar-refractivity contribution in [3.05, 3.63) is 24.0 Å². The summed E-state index contributed by atoms with van der Waals surface area (Å²) >= 11 is 1.41. The van der Waals surface area contributed by atoms with Crippen molar-refractivity contribution in [1.29, 1.82) is 0 Å². The average Bonchev–Trinajstić information content (AvgIpc) is 2.74. The smallest absolute Gasteiger partial charge is 0.324 e. The molecule has 0 aromatic carbocycles. The largest absolute Gasteiger partial charge is 0.351 e. The van der Waals surface area contributed by atoms with Crippen LogP contribution in [0.15, 0.2) is 24.0 Å². The summed E-state index contributed by atoms with van der Waals surface area (Å²) in [5.74, 6) is 0.488. The average molecular weight is 194 g/mol. The second-order valence-electron chi connectivity index (χ2n) is 2.30. The van der Waals surface area contributed by atoms with Gasteiger partial charge in [-0.25, -0.2) is 19.3 Å². The Morgan fingerprint density at radius 1 is 1.46 bits per heavy atom. The monoisotopic (exact) mass is 194 g/mol. The number of nitrogens with zero attached hydrogens (tertiary/aromatic N) is 3. The van der Waals surface area contributed by atoms with Gasteiger partial charge < -0.3 is 5.73 Å². The number of hydrogen-bond donors (Lipinski definition) is 1. The van der Waals surface area contributed by atoms with Gasteiger partial charge in [0, 0.05) is 24.0 Å². The number of thiazole rings is 1. The molecule has 2 aromatic heterocycles. The van der Waals surface area contributed by atoms with Crippen molar-refractivity contribution in [3.8, 4) is 10.8 Å². The Bertz CT molecular complexity index is 419. The van der Waals surface area contributed by atoms with E-state index in [4.69, 9.17) is 5.73 Å².